The van der Waals surface area contributed by atoms with Crippen LogP contribution in [-0.2, 0) is 4.79 Å². The molecule has 0 N–H and O–H groups in total. The van der Waals surface area contributed by atoms with Crippen molar-refractivity contribution in [2.24, 2.45) is 10.4 Å². The van der Waals surface area contributed by atoms with Gasteiger partial charge in [0.2, 0.25) is 0 Å². The van der Waals surface area contributed by atoms with Gasteiger partial charge in [-0.1, -0.05) is 83.6 Å². The van der Waals surface area contributed by atoms with E-state index in [4.69, 9.17) is 4.99 Å². The molecule has 2 aromatic carbocycles. The first-order chi connectivity index (χ1) is 14.8. The topological polar surface area (TPSA) is 51.4 Å². The molecule has 1 unspecified atom stereocenters. The summed E-state index contributed by atoms with van der Waals surface area (Å²) < 4.78 is 3.24. The van der Waals surface area contributed by atoms with Crippen LogP contribution in [0.1, 0.15) is 43.9 Å². The summed E-state index contributed by atoms with van der Waals surface area (Å²) in [6.45, 7) is 4.20. The molecule has 3 aromatic rings. The number of rotatable bonds is 2. The van der Waals surface area contributed by atoms with Crippen LogP contribution in [0.2, 0.25) is 0 Å². The molecule has 5 rings (SSSR count). The van der Waals surface area contributed by atoms with Crippen molar-refractivity contribution in [1.29, 1.82) is 0 Å². The van der Waals surface area contributed by atoms with Crippen molar-refractivity contribution in [2.75, 3.05) is 0 Å². The van der Waals surface area contributed by atoms with E-state index in [9.17, 15) is 9.59 Å². The van der Waals surface area contributed by atoms with E-state index < -0.39 is 6.04 Å². The van der Waals surface area contributed by atoms with Crippen LogP contribution in [0.4, 0.5) is 0 Å². The highest BCUT2D eigenvalue weighted by molar-refractivity contribution is 9.10. The summed E-state index contributed by atoms with van der Waals surface area (Å²) in [5.41, 5.74) is 3.11. The monoisotopic (exact) mass is 492 g/mol. The Morgan fingerprint density at radius 2 is 1.87 bits per heavy atom. The Balaban J connectivity index is 1.79. The molecule has 1 aliphatic carbocycles. The summed E-state index contributed by atoms with van der Waals surface area (Å²) in [6, 6.07) is 17.2. The maximum absolute atomic E-state index is 13.5. The van der Waals surface area contributed by atoms with E-state index in [1.807, 2.05) is 60.7 Å². The van der Waals surface area contributed by atoms with E-state index in [0.29, 0.717) is 21.3 Å². The Morgan fingerprint density at radius 1 is 1.10 bits per heavy atom. The fourth-order valence-corrected chi connectivity index (χ4v) is 5.88. The summed E-state index contributed by atoms with van der Waals surface area (Å²) in [7, 11) is 0. The molecule has 1 aromatic heterocycles. The van der Waals surface area contributed by atoms with E-state index in [1.54, 1.807) is 4.57 Å². The van der Waals surface area contributed by atoms with Gasteiger partial charge in [0, 0.05) is 16.5 Å². The zero-order valence-corrected chi connectivity index (χ0v) is 19.7. The number of fused-ring (bicyclic) bond motifs is 1. The molecule has 1 atom stereocenters. The van der Waals surface area contributed by atoms with Crippen LogP contribution in [0.25, 0.3) is 6.08 Å². The van der Waals surface area contributed by atoms with Crippen LogP contribution in [0.3, 0.4) is 0 Å². The number of allylic oxidation sites excluding steroid dienone is 2. The highest BCUT2D eigenvalue weighted by Crippen LogP contribution is 2.43. The second-order valence-corrected chi connectivity index (χ2v) is 10.8. The molecular formula is C25H21BrN2O2S. The van der Waals surface area contributed by atoms with Crippen LogP contribution in [0.5, 0.6) is 0 Å². The summed E-state index contributed by atoms with van der Waals surface area (Å²) in [5, 5.41) is 0. The first-order valence-electron chi connectivity index (χ1n) is 10.2. The molecule has 0 amide bonds. The third-order valence-electron chi connectivity index (χ3n) is 5.76. The first kappa shape index (κ1) is 20.3. The number of Topliss-reactive ketones (excluding diaryl/α,β-unsaturated/α-hetero) is 1. The number of aromatic nitrogens is 1. The maximum atomic E-state index is 13.5. The van der Waals surface area contributed by atoms with Gasteiger partial charge >= 0.3 is 0 Å². The molecule has 0 bridgehead atoms. The molecule has 6 heteroatoms. The van der Waals surface area contributed by atoms with Gasteiger partial charge in [0.25, 0.3) is 5.56 Å². The number of hydrogen-bond acceptors (Lipinski definition) is 4. The molecule has 31 heavy (non-hydrogen) atoms. The Labute approximate surface area is 192 Å². The Kier molecular flexibility index (Phi) is 4.94. The molecule has 4 nitrogen and oxygen atoms in total. The second kappa shape index (κ2) is 7.53. The van der Waals surface area contributed by atoms with Crippen LogP contribution in [0, 0.1) is 5.41 Å². The quantitative estimate of drug-likeness (QED) is 0.533. The van der Waals surface area contributed by atoms with Crippen molar-refractivity contribution >= 4 is 39.1 Å². The SMILES string of the molecule is CC1(C)CC(=O)C2=C(C1)N=c1sc(=Cc3ccccc3)c(=O)n1C2c1cccc(Br)c1. The van der Waals surface area contributed by atoms with Gasteiger partial charge < -0.3 is 0 Å². The highest BCUT2D eigenvalue weighted by atomic mass is 79.9. The average Bonchev–Trinajstić information content (AvgIpc) is 3.01. The molecule has 0 spiro atoms. The van der Waals surface area contributed by atoms with Crippen LogP contribution >= 0.6 is 27.3 Å². The van der Waals surface area contributed by atoms with Crippen molar-refractivity contribution in [3.63, 3.8) is 0 Å². The molecule has 1 aliphatic heterocycles. The maximum Gasteiger partial charge on any atom is 0.271 e. The van der Waals surface area contributed by atoms with Crippen molar-refractivity contribution in [2.45, 2.75) is 32.7 Å². The minimum absolute atomic E-state index is 0.0808. The molecule has 2 heterocycles. The average molecular weight is 493 g/mol. The second-order valence-electron chi connectivity index (χ2n) is 8.85. The molecule has 0 radical (unpaired) electrons. The van der Waals surface area contributed by atoms with E-state index in [1.165, 1.54) is 11.3 Å². The molecular weight excluding hydrogens is 472 g/mol. The Bertz CT molecular complexity index is 1410. The number of carbonyl (C=O) groups is 1. The molecule has 0 saturated carbocycles. The van der Waals surface area contributed by atoms with Gasteiger partial charge in [0.1, 0.15) is 0 Å². The van der Waals surface area contributed by atoms with Gasteiger partial charge in [-0.25, -0.2) is 4.99 Å². The normalized spacial score (nSPS) is 20.3. The summed E-state index contributed by atoms with van der Waals surface area (Å²) in [6.07, 6.45) is 3.09. The number of halogens is 1. The number of benzene rings is 2. The zero-order valence-electron chi connectivity index (χ0n) is 17.3. The van der Waals surface area contributed by atoms with E-state index in [-0.39, 0.29) is 16.8 Å². The molecule has 0 fully saturated rings. The predicted octanol–water partition coefficient (Wildman–Crippen LogP) is 4.37. The van der Waals surface area contributed by atoms with Gasteiger partial charge in [-0.05, 0) is 41.2 Å². The van der Waals surface area contributed by atoms with Crippen molar-refractivity contribution in [3.8, 4) is 0 Å². The zero-order chi connectivity index (χ0) is 21.8. The predicted molar refractivity (Wildman–Crippen MR) is 127 cm³/mol. The number of nitrogens with zero attached hydrogens (tertiary/aromatic N) is 2. The summed E-state index contributed by atoms with van der Waals surface area (Å²) >= 11 is 4.93. The van der Waals surface area contributed by atoms with Crippen molar-refractivity contribution in [1.82, 2.24) is 4.57 Å². The minimum atomic E-state index is -0.453. The van der Waals surface area contributed by atoms with E-state index >= 15 is 0 Å². The number of thiazole rings is 1. The van der Waals surface area contributed by atoms with Crippen molar-refractivity contribution in [3.05, 3.63) is 101 Å². The third-order valence-corrected chi connectivity index (χ3v) is 7.23. The number of carbonyl (C=O) groups excluding carboxylic acids is 1. The molecule has 156 valence electrons. The van der Waals surface area contributed by atoms with E-state index in [2.05, 4.69) is 29.8 Å². The largest absolute Gasteiger partial charge is 0.294 e. The Hall–Kier alpha value is -2.57. The molecule has 0 saturated heterocycles. The first-order valence-corrected chi connectivity index (χ1v) is 11.8. The number of hydrogen-bond donors (Lipinski definition) is 0. The van der Waals surface area contributed by atoms with Crippen LogP contribution in [-0.4, -0.2) is 10.4 Å². The lowest BCUT2D eigenvalue weighted by Crippen LogP contribution is -2.42. The van der Waals surface area contributed by atoms with Crippen molar-refractivity contribution < 1.29 is 4.79 Å². The van der Waals surface area contributed by atoms with Gasteiger partial charge in [0.05, 0.1) is 16.3 Å². The summed E-state index contributed by atoms with van der Waals surface area (Å²) in [4.78, 5) is 32.3. The standard InChI is InChI=1S/C25H21BrN2O2S/c1-25(2)13-18-21(19(29)14-25)22(16-9-6-10-17(26)12-16)28-23(30)20(31-24(28)27-18)11-15-7-4-3-5-8-15/h3-12,22H,13-14H2,1-2H3. The van der Waals surface area contributed by atoms with Gasteiger partial charge in [-0.3, -0.25) is 14.2 Å². The minimum Gasteiger partial charge on any atom is -0.294 e. The van der Waals surface area contributed by atoms with E-state index in [0.717, 1.165) is 27.7 Å². The highest BCUT2D eigenvalue weighted by Gasteiger charge is 2.40. The lowest BCUT2D eigenvalue weighted by atomic mass is 9.73. The fraction of sp³-hybridized carbons (Fsp3) is 0.240. The molecule has 2 aliphatic rings. The lowest BCUT2D eigenvalue weighted by Gasteiger charge is -2.35. The van der Waals surface area contributed by atoms with Gasteiger partial charge in [-0.15, -0.1) is 0 Å². The van der Waals surface area contributed by atoms with Crippen LogP contribution < -0.4 is 14.9 Å². The third kappa shape index (κ3) is 3.68. The summed E-state index contributed by atoms with van der Waals surface area (Å²) in [5.74, 6) is 0.0808. The lowest BCUT2D eigenvalue weighted by molar-refractivity contribution is -0.118. The van der Waals surface area contributed by atoms with Crippen LogP contribution in [0.15, 0.2) is 80.1 Å². The Morgan fingerprint density at radius 3 is 2.61 bits per heavy atom. The van der Waals surface area contributed by atoms with Gasteiger partial charge in [0.15, 0.2) is 10.6 Å². The smallest absolute Gasteiger partial charge is 0.271 e. The fourth-order valence-electron chi connectivity index (χ4n) is 4.44. The van der Waals surface area contributed by atoms with Gasteiger partial charge in [-0.2, -0.15) is 0 Å². The number of ketones is 1.